The quantitative estimate of drug-likeness (QED) is 0.729. The highest BCUT2D eigenvalue weighted by atomic mass is 79.9. The summed E-state index contributed by atoms with van der Waals surface area (Å²) in [6.07, 6.45) is 0.833. The summed E-state index contributed by atoms with van der Waals surface area (Å²) in [5.41, 5.74) is 3.12. The van der Waals surface area contributed by atoms with Crippen LogP contribution in [0.1, 0.15) is 31.9 Å². The van der Waals surface area contributed by atoms with Crippen molar-refractivity contribution in [3.8, 4) is 0 Å². The first-order valence-corrected chi connectivity index (χ1v) is 8.27. The highest BCUT2D eigenvalue weighted by Gasteiger charge is 2.21. The molecule has 108 valence electrons. The number of carbonyl (C=O) groups excluding carboxylic acids is 1. The fraction of sp³-hybridized carbons (Fsp3) is 0.188. The molecule has 0 bridgehead atoms. The van der Waals surface area contributed by atoms with Gasteiger partial charge in [0.2, 0.25) is 0 Å². The number of halogens is 3. The molecule has 2 nitrogen and oxygen atoms in total. The molecule has 2 aromatic rings. The highest BCUT2D eigenvalue weighted by Crippen LogP contribution is 2.35. The standard InChI is InChI=1S/C16H12Br2FNO/c17-11-3-4-14(19)13(8-11)15(18)10-2-1-9-5-6-20-16(21)12(9)7-10/h1-4,7-8,15H,5-6H2,(H,20,21). The Morgan fingerprint density at radius 1 is 1.19 bits per heavy atom. The van der Waals surface area contributed by atoms with Crippen LogP contribution in [0, 0.1) is 5.82 Å². The fourth-order valence-electron chi connectivity index (χ4n) is 2.48. The first-order chi connectivity index (χ1) is 10.1. The van der Waals surface area contributed by atoms with E-state index in [1.165, 1.54) is 6.07 Å². The Hall–Kier alpha value is -1.20. The van der Waals surface area contributed by atoms with Crippen LogP contribution in [0.2, 0.25) is 0 Å². The summed E-state index contributed by atoms with van der Waals surface area (Å²) in [7, 11) is 0. The smallest absolute Gasteiger partial charge is 0.251 e. The number of benzene rings is 2. The lowest BCUT2D eigenvalue weighted by molar-refractivity contribution is 0.0946. The average Bonchev–Trinajstić information content (AvgIpc) is 2.49. The second-order valence-electron chi connectivity index (χ2n) is 4.95. The van der Waals surface area contributed by atoms with Crippen LogP contribution < -0.4 is 5.32 Å². The molecule has 3 rings (SSSR count). The van der Waals surface area contributed by atoms with E-state index < -0.39 is 0 Å². The van der Waals surface area contributed by atoms with E-state index in [9.17, 15) is 9.18 Å². The van der Waals surface area contributed by atoms with E-state index in [1.807, 2.05) is 18.2 Å². The number of hydrogen-bond acceptors (Lipinski definition) is 1. The van der Waals surface area contributed by atoms with Gasteiger partial charge in [-0.05, 0) is 41.8 Å². The van der Waals surface area contributed by atoms with Crippen LogP contribution in [0.4, 0.5) is 4.39 Å². The van der Waals surface area contributed by atoms with Crippen LogP contribution in [0.15, 0.2) is 40.9 Å². The summed E-state index contributed by atoms with van der Waals surface area (Å²) in [5.74, 6) is -0.338. The van der Waals surface area contributed by atoms with Gasteiger partial charge in [0.1, 0.15) is 5.82 Å². The third kappa shape index (κ3) is 2.90. The minimum absolute atomic E-state index is 0.0625. The van der Waals surface area contributed by atoms with Crippen LogP contribution in [0.5, 0.6) is 0 Å². The molecule has 1 N–H and O–H groups in total. The minimum atomic E-state index is -0.296. The van der Waals surface area contributed by atoms with Crippen molar-refractivity contribution in [1.82, 2.24) is 5.32 Å². The number of nitrogens with one attached hydrogen (secondary N) is 1. The minimum Gasteiger partial charge on any atom is -0.352 e. The average molecular weight is 413 g/mol. The zero-order chi connectivity index (χ0) is 15.0. The van der Waals surface area contributed by atoms with Gasteiger partial charge < -0.3 is 5.32 Å². The summed E-state index contributed by atoms with van der Waals surface area (Å²) in [6, 6.07) is 10.6. The molecule has 5 heteroatoms. The Balaban J connectivity index is 2.02. The number of carbonyl (C=O) groups is 1. The van der Waals surface area contributed by atoms with Gasteiger partial charge in [0, 0.05) is 22.1 Å². The summed E-state index contributed by atoms with van der Waals surface area (Å²) < 4.78 is 14.8. The van der Waals surface area contributed by atoms with Gasteiger partial charge >= 0.3 is 0 Å². The second-order valence-corrected chi connectivity index (χ2v) is 6.78. The van der Waals surface area contributed by atoms with Crippen molar-refractivity contribution >= 4 is 37.8 Å². The number of alkyl halides is 1. The first-order valence-electron chi connectivity index (χ1n) is 6.56. The predicted molar refractivity (Wildman–Crippen MR) is 87.3 cm³/mol. The van der Waals surface area contributed by atoms with Gasteiger partial charge in [0.05, 0.1) is 4.83 Å². The lowest BCUT2D eigenvalue weighted by atomic mass is 9.95. The van der Waals surface area contributed by atoms with Gasteiger partial charge in [-0.2, -0.15) is 0 Å². The van der Waals surface area contributed by atoms with E-state index in [0.717, 1.165) is 22.0 Å². The third-order valence-electron chi connectivity index (χ3n) is 3.58. The molecule has 2 aromatic carbocycles. The van der Waals surface area contributed by atoms with Crippen LogP contribution in [0.3, 0.4) is 0 Å². The fourth-order valence-corrected chi connectivity index (χ4v) is 3.49. The van der Waals surface area contributed by atoms with Gasteiger partial charge in [-0.25, -0.2) is 4.39 Å². The van der Waals surface area contributed by atoms with E-state index in [2.05, 4.69) is 37.2 Å². The Morgan fingerprint density at radius 2 is 2.00 bits per heavy atom. The van der Waals surface area contributed by atoms with Crippen molar-refractivity contribution in [3.05, 3.63) is 68.9 Å². The monoisotopic (exact) mass is 411 g/mol. The molecule has 1 amide bonds. The van der Waals surface area contributed by atoms with Crippen molar-refractivity contribution in [3.63, 3.8) is 0 Å². The molecule has 0 aliphatic carbocycles. The molecule has 0 spiro atoms. The molecule has 0 saturated heterocycles. The van der Waals surface area contributed by atoms with Gasteiger partial charge in [-0.3, -0.25) is 4.79 Å². The van der Waals surface area contributed by atoms with E-state index >= 15 is 0 Å². The van der Waals surface area contributed by atoms with Gasteiger partial charge in [0.15, 0.2) is 0 Å². The maximum Gasteiger partial charge on any atom is 0.251 e. The van der Waals surface area contributed by atoms with Crippen molar-refractivity contribution < 1.29 is 9.18 Å². The molecular weight excluding hydrogens is 401 g/mol. The van der Waals surface area contributed by atoms with Crippen molar-refractivity contribution in [2.45, 2.75) is 11.2 Å². The van der Waals surface area contributed by atoms with Gasteiger partial charge in [-0.1, -0.05) is 44.0 Å². The lowest BCUT2D eigenvalue weighted by Crippen LogP contribution is -2.31. The summed E-state index contributed by atoms with van der Waals surface area (Å²) in [6.45, 7) is 0.670. The second kappa shape index (κ2) is 5.89. The van der Waals surface area contributed by atoms with Crippen molar-refractivity contribution in [1.29, 1.82) is 0 Å². The SMILES string of the molecule is O=C1NCCc2ccc(C(Br)c3cc(Br)ccc3F)cc21. The molecule has 1 atom stereocenters. The Bertz CT molecular complexity index is 717. The number of amides is 1. The maximum absolute atomic E-state index is 14.0. The molecular formula is C16H12Br2FNO. The van der Waals surface area contributed by atoms with E-state index in [0.29, 0.717) is 17.7 Å². The maximum atomic E-state index is 14.0. The van der Waals surface area contributed by atoms with Crippen molar-refractivity contribution in [2.24, 2.45) is 0 Å². The Labute approximate surface area is 139 Å². The molecule has 0 aromatic heterocycles. The van der Waals surface area contributed by atoms with Crippen LogP contribution in [-0.4, -0.2) is 12.5 Å². The van der Waals surface area contributed by atoms with E-state index in [4.69, 9.17) is 0 Å². The number of fused-ring (bicyclic) bond motifs is 1. The zero-order valence-corrected chi connectivity index (χ0v) is 14.2. The molecule has 0 saturated carbocycles. The summed E-state index contributed by atoms with van der Waals surface area (Å²) in [4.78, 5) is 11.6. The summed E-state index contributed by atoms with van der Waals surface area (Å²) in [5, 5.41) is 2.83. The normalized spacial score (nSPS) is 15.3. The van der Waals surface area contributed by atoms with Crippen LogP contribution in [-0.2, 0) is 6.42 Å². The van der Waals surface area contributed by atoms with E-state index in [-0.39, 0.29) is 16.6 Å². The molecule has 21 heavy (non-hydrogen) atoms. The number of rotatable bonds is 2. The van der Waals surface area contributed by atoms with E-state index in [1.54, 1.807) is 12.1 Å². The largest absolute Gasteiger partial charge is 0.352 e. The Kier molecular flexibility index (Phi) is 4.13. The molecule has 0 fully saturated rings. The summed E-state index contributed by atoms with van der Waals surface area (Å²) >= 11 is 6.89. The predicted octanol–water partition coefficient (Wildman–Crippen LogP) is 4.36. The lowest BCUT2D eigenvalue weighted by Gasteiger charge is -2.19. The van der Waals surface area contributed by atoms with Gasteiger partial charge in [0.25, 0.3) is 5.91 Å². The number of hydrogen-bond donors (Lipinski definition) is 1. The molecule has 1 unspecified atom stereocenters. The highest BCUT2D eigenvalue weighted by molar-refractivity contribution is 9.10. The zero-order valence-electron chi connectivity index (χ0n) is 11.0. The van der Waals surface area contributed by atoms with Gasteiger partial charge in [-0.15, -0.1) is 0 Å². The Morgan fingerprint density at radius 3 is 2.81 bits per heavy atom. The first kappa shape index (κ1) is 14.7. The molecule has 1 heterocycles. The van der Waals surface area contributed by atoms with Crippen LogP contribution >= 0.6 is 31.9 Å². The van der Waals surface area contributed by atoms with Crippen molar-refractivity contribution in [2.75, 3.05) is 6.54 Å². The third-order valence-corrected chi connectivity index (χ3v) is 5.10. The topological polar surface area (TPSA) is 29.1 Å². The molecule has 0 radical (unpaired) electrons. The molecule has 1 aliphatic rings. The molecule has 1 aliphatic heterocycles. The van der Waals surface area contributed by atoms with Crippen LogP contribution in [0.25, 0.3) is 0 Å².